The molecule has 1 fully saturated rings. The van der Waals surface area contributed by atoms with Crippen LogP contribution in [0.5, 0.6) is 0 Å². The molecule has 4 heteroatoms. The number of nitrogens with two attached hydrogens (primary N) is 1. The van der Waals surface area contributed by atoms with E-state index in [1.807, 2.05) is 23.9 Å². The summed E-state index contributed by atoms with van der Waals surface area (Å²) >= 11 is 1.91. The topological polar surface area (TPSA) is 48.1 Å². The van der Waals surface area contributed by atoms with E-state index in [1.54, 1.807) is 6.20 Å². The number of thioether (sulfide) groups is 1. The summed E-state index contributed by atoms with van der Waals surface area (Å²) in [4.78, 5) is 4.28. The van der Waals surface area contributed by atoms with Crippen molar-refractivity contribution in [2.24, 2.45) is 0 Å². The highest BCUT2D eigenvalue weighted by molar-refractivity contribution is 7.99. The van der Waals surface area contributed by atoms with Gasteiger partial charge in [0.1, 0.15) is 0 Å². The van der Waals surface area contributed by atoms with Crippen molar-refractivity contribution in [1.29, 1.82) is 0 Å². The van der Waals surface area contributed by atoms with E-state index in [-0.39, 0.29) is 0 Å². The third kappa shape index (κ3) is 2.86. The Labute approximate surface area is 94.4 Å². The average molecular weight is 224 g/mol. The standard InChI is InChI=1S/C11H16N2OS/c1-8-11(3-5-14-8)15-7-10-6-9(12)2-4-13-10/h2,4,6,8,11H,3,5,7H2,1H3,(H2,12,13). The van der Waals surface area contributed by atoms with Gasteiger partial charge in [0.05, 0.1) is 11.8 Å². The van der Waals surface area contributed by atoms with Crippen LogP contribution in [0.1, 0.15) is 19.0 Å². The maximum atomic E-state index is 5.70. The molecule has 82 valence electrons. The first-order valence-corrected chi connectivity index (χ1v) is 6.24. The zero-order valence-electron chi connectivity index (χ0n) is 8.85. The molecule has 1 aromatic heterocycles. The van der Waals surface area contributed by atoms with Crippen LogP contribution in [0.25, 0.3) is 0 Å². The summed E-state index contributed by atoms with van der Waals surface area (Å²) < 4.78 is 5.51. The molecule has 0 aromatic carbocycles. The molecule has 2 N–H and O–H groups in total. The van der Waals surface area contributed by atoms with Gasteiger partial charge in [0.25, 0.3) is 0 Å². The monoisotopic (exact) mass is 224 g/mol. The highest BCUT2D eigenvalue weighted by Crippen LogP contribution is 2.28. The minimum Gasteiger partial charge on any atom is -0.399 e. The largest absolute Gasteiger partial charge is 0.399 e. The quantitative estimate of drug-likeness (QED) is 0.854. The van der Waals surface area contributed by atoms with Crippen LogP contribution in [-0.4, -0.2) is 22.9 Å². The van der Waals surface area contributed by atoms with Gasteiger partial charge in [-0.25, -0.2) is 0 Å². The lowest BCUT2D eigenvalue weighted by atomic mass is 10.3. The van der Waals surface area contributed by atoms with Crippen molar-refractivity contribution in [3.05, 3.63) is 24.0 Å². The molecule has 15 heavy (non-hydrogen) atoms. The smallest absolute Gasteiger partial charge is 0.0666 e. The number of nitrogens with zero attached hydrogens (tertiary/aromatic N) is 1. The lowest BCUT2D eigenvalue weighted by Crippen LogP contribution is -2.13. The van der Waals surface area contributed by atoms with Gasteiger partial charge >= 0.3 is 0 Å². The SMILES string of the molecule is CC1OCCC1SCc1cc(N)ccn1. The number of pyridine rings is 1. The van der Waals surface area contributed by atoms with E-state index in [2.05, 4.69) is 11.9 Å². The minimum absolute atomic E-state index is 0.371. The third-order valence-corrected chi connectivity index (χ3v) is 4.10. The number of nitrogen functional groups attached to an aromatic ring is 1. The van der Waals surface area contributed by atoms with Crippen LogP contribution in [0.2, 0.25) is 0 Å². The molecule has 3 nitrogen and oxygen atoms in total. The molecule has 0 amide bonds. The third-order valence-electron chi connectivity index (χ3n) is 2.59. The number of rotatable bonds is 3. The first-order valence-electron chi connectivity index (χ1n) is 5.19. The molecule has 2 unspecified atom stereocenters. The summed E-state index contributed by atoms with van der Waals surface area (Å²) in [6.07, 6.45) is 3.28. The number of ether oxygens (including phenoxy) is 1. The van der Waals surface area contributed by atoms with Gasteiger partial charge in [-0.15, -0.1) is 11.8 Å². The molecule has 1 aliphatic rings. The Balaban J connectivity index is 1.87. The maximum Gasteiger partial charge on any atom is 0.0666 e. The summed E-state index contributed by atoms with van der Waals surface area (Å²) in [6.45, 7) is 3.03. The Morgan fingerprint density at radius 2 is 2.53 bits per heavy atom. The van der Waals surface area contributed by atoms with Gasteiger partial charge in [-0.2, -0.15) is 0 Å². The van der Waals surface area contributed by atoms with Crippen LogP contribution in [0, 0.1) is 0 Å². The number of aromatic nitrogens is 1. The van der Waals surface area contributed by atoms with E-state index >= 15 is 0 Å². The van der Waals surface area contributed by atoms with Gasteiger partial charge < -0.3 is 10.5 Å². The first kappa shape index (κ1) is 10.8. The van der Waals surface area contributed by atoms with Crippen LogP contribution in [0.15, 0.2) is 18.3 Å². The molecule has 2 atom stereocenters. The lowest BCUT2D eigenvalue weighted by molar-refractivity contribution is 0.127. The fourth-order valence-electron chi connectivity index (χ4n) is 1.70. The summed E-state index contributed by atoms with van der Waals surface area (Å²) in [5.74, 6) is 0.920. The molecular formula is C11H16N2OS. The second-order valence-corrected chi connectivity index (χ2v) is 5.02. The molecule has 1 aromatic rings. The van der Waals surface area contributed by atoms with Crippen molar-refractivity contribution in [3.8, 4) is 0 Å². The molecule has 0 bridgehead atoms. The molecule has 0 spiro atoms. The summed E-state index contributed by atoms with van der Waals surface area (Å²) in [5, 5.41) is 0.605. The number of anilines is 1. The van der Waals surface area contributed by atoms with Crippen LogP contribution in [0.4, 0.5) is 5.69 Å². The highest BCUT2D eigenvalue weighted by Gasteiger charge is 2.24. The van der Waals surface area contributed by atoms with Gasteiger partial charge in [-0.3, -0.25) is 4.98 Å². The van der Waals surface area contributed by atoms with E-state index in [0.29, 0.717) is 11.4 Å². The van der Waals surface area contributed by atoms with Crippen molar-refractivity contribution in [2.75, 3.05) is 12.3 Å². The fraction of sp³-hybridized carbons (Fsp3) is 0.545. The molecule has 1 aliphatic heterocycles. The molecule has 2 heterocycles. The Morgan fingerprint density at radius 1 is 1.67 bits per heavy atom. The summed E-state index contributed by atoms with van der Waals surface area (Å²) in [5.41, 5.74) is 7.54. The van der Waals surface area contributed by atoms with Crippen LogP contribution >= 0.6 is 11.8 Å². The lowest BCUT2D eigenvalue weighted by Gasteiger charge is -2.12. The van der Waals surface area contributed by atoms with Crippen LogP contribution < -0.4 is 5.73 Å². The van der Waals surface area contributed by atoms with E-state index in [4.69, 9.17) is 10.5 Å². The molecular weight excluding hydrogens is 208 g/mol. The molecule has 0 radical (unpaired) electrons. The van der Waals surface area contributed by atoms with Gasteiger partial charge in [-0.05, 0) is 25.5 Å². The predicted molar refractivity (Wildman–Crippen MR) is 63.8 cm³/mol. The Hall–Kier alpha value is -0.740. The van der Waals surface area contributed by atoms with Gasteiger partial charge in [0.2, 0.25) is 0 Å². The fourth-order valence-corrected chi connectivity index (χ4v) is 2.85. The van der Waals surface area contributed by atoms with Crippen LogP contribution in [0.3, 0.4) is 0 Å². The Kier molecular flexibility index (Phi) is 3.49. The molecule has 2 rings (SSSR count). The van der Waals surface area contributed by atoms with Crippen molar-refractivity contribution >= 4 is 17.4 Å². The van der Waals surface area contributed by atoms with E-state index in [9.17, 15) is 0 Å². The van der Waals surface area contributed by atoms with Crippen molar-refractivity contribution in [3.63, 3.8) is 0 Å². The normalized spacial score (nSPS) is 25.7. The Bertz CT molecular complexity index is 332. The van der Waals surface area contributed by atoms with Crippen molar-refractivity contribution < 1.29 is 4.74 Å². The highest BCUT2D eigenvalue weighted by atomic mass is 32.2. The Morgan fingerprint density at radius 3 is 3.20 bits per heavy atom. The number of hydrogen-bond donors (Lipinski definition) is 1. The van der Waals surface area contributed by atoms with Crippen LogP contribution in [-0.2, 0) is 10.5 Å². The van der Waals surface area contributed by atoms with Crippen molar-refractivity contribution in [2.45, 2.75) is 30.5 Å². The average Bonchev–Trinajstić information content (AvgIpc) is 2.61. The van der Waals surface area contributed by atoms with Gasteiger partial charge in [0, 0.05) is 29.5 Å². The molecule has 0 saturated carbocycles. The summed E-state index contributed by atoms with van der Waals surface area (Å²) in [6, 6.07) is 3.75. The van der Waals surface area contributed by atoms with Gasteiger partial charge in [0.15, 0.2) is 0 Å². The second kappa shape index (κ2) is 4.86. The zero-order chi connectivity index (χ0) is 10.7. The predicted octanol–water partition coefficient (Wildman–Crippen LogP) is 2.07. The minimum atomic E-state index is 0.371. The zero-order valence-corrected chi connectivity index (χ0v) is 9.67. The van der Waals surface area contributed by atoms with E-state index in [0.717, 1.165) is 30.2 Å². The second-order valence-electron chi connectivity index (χ2n) is 3.79. The van der Waals surface area contributed by atoms with E-state index in [1.165, 1.54) is 0 Å². The van der Waals surface area contributed by atoms with E-state index < -0.39 is 0 Å². The molecule has 1 saturated heterocycles. The number of hydrogen-bond acceptors (Lipinski definition) is 4. The van der Waals surface area contributed by atoms with Crippen molar-refractivity contribution in [1.82, 2.24) is 4.98 Å². The van der Waals surface area contributed by atoms with Gasteiger partial charge in [-0.1, -0.05) is 0 Å². The first-order chi connectivity index (χ1) is 7.25. The maximum absolute atomic E-state index is 5.70. The molecule has 0 aliphatic carbocycles. The summed E-state index contributed by atoms with van der Waals surface area (Å²) in [7, 11) is 0.